The lowest BCUT2D eigenvalue weighted by Gasteiger charge is -2.11. The van der Waals surface area contributed by atoms with Crippen LogP contribution in [0.25, 0.3) is 10.8 Å². The highest BCUT2D eigenvalue weighted by molar-refractivity contribution is 5.83. The maximum atomic E-state index is 12.2. The second-order valence-corrected chi connectivity index (χ2v) is 6.51. The molecule has 0 saturated heterocycles. The summed E-state index contributed by atoms with van der Waals surface area (Å²) in [5.41, 5.74) is 1.76. The quantitative estimate of drug-likeness (QED) is 0.618. The second kappa shape index (κ2) is 8.78. The molecule has 0 aliphatic carbocycles. The summed E-state index contributed by atoms with van der Waals surface area (Å²) in [6.45, 7) is -1.10. The fraction of sp³-hybridized carbons (Fsp3) is 0.227. The molecule has 28 heavy (non-hydrogen) atoms. The smallest absolute Gasteiger partial charge is 0.422 e. The molecular formula is C22H20F3NO2. The Morgan fingerprint density at radius 3 is 2.46 bits per heavy atom. The Morgan fingerprint density at radius 2 is 1.68 bits per heavy atom. The van der Waals surface area contributed by atoms with E-state index in [1.54, 1.807) is 12.1 Å². The minimum Gasteiger partial charge on any atom is -0.484 e. The predicted octanol–water partition coefficient (Wildman–Crippen LogP) is 5.03. The molecular weight excluding hydrogens is 367 g/mol. The summed E-state index contributed by atoms with van der Waals surface area (Å²) in [5, 5.41) is 5.08. The van der Waals surface area contributed by atoms with E-state index >= 15 is 0 Å². The molecule has 0 radical (unpaired) electrons. The Balaban J connectivity index is 1.48. The van der Waals surface area contributed by atoms with Crippen LogP contribution in [0.2, 0.25) is 0 Å². The normalized spacial score (nSPS) is 11.4. The van der Waals surface area contributed by atoms with Crippen LogP contribution in [0.1, 0.15) is 17.5 Å². The number of rotatable bonds is 7. The topological polar surface area (TPSA) is 38.3 Å². The van der Waals surface area contributed by atoms with Crippen molar-refractivity contribution >= 4 is 16.7 Å². The summed E-state index contributed by atoms with van der Waals surface area (Å²) >= 11 is 0. The third-order valence-corrected chi connectivity index (χ3v) is 4.25. The first kappa shape index (κ1) is 19.7. The van der Waals surface area contributed by atoms with Crippen molar-refractivity contribution in [2.45, 2.75) is 25.6 Å². The van der Waals surface area contributed by atoms with Gasteiger partial charge in [0.2, 0.25) is 5.91 Å². The lowest BCUT2D eigenvalue weighted by atomic mass is 10.0. The Bertz CT molecular complexity index is 954. The molecule has 6 heteroatoms. The lowest BCUT2D eigenvalue weighted by molar-refractivity contribution is -0.153. The molecule has 0 fully saturated rings. The van der Waals surface area contributed by atoms with E-state index < -0.39 is 12.8 Å². The second-order valence-electron chi connectivity index (χ2n) is 6.51. The Morgan fingerprint density at radius 1 is 0.893 bits per heavy atom. The Hall–Kier alpha value is -3.02. The van der Waals surface area contributed by atoms with Gasteiger partial charge in [-0.3, -0.25) is 4.79 Å². The van der Waals surface area contributed by atoms with Crippen molar-refractivity contribution in [3.05, 3.63) is 77.9 Å². The zero-order valence-electron chi connectivity index (χ0n) is 15.1. The van der Waals surface area contributed by atoms with E-state index in [1.807, 2.05) is 36.4 Å². The van der Waals surface area contributed by atoms with E-state index in [-0.39, 0.29) is 18.2 Å². The molecule has 1 amide bonds. The Labute approximate surface area is 161 Å². The number of hydrogen-bond donors (Lipinski definition) is 1. The van der Waals surface area contributed by atoms with Gasteiger partial charge in [0.25, 0.3) is 0 Å². The van der Waals surface area contributed by atoms with Crippen LogP contribution in [0.4, 0.5) is 13.2 Å². The minimum atomic E-state index is -4.38. The highest BCUT2D eigenvalue weighted by Crippen LogP contribution is 2.19. The third kappa shape index (κ3) is 6.01. The van der Waals surface area contributed by atoms with Crippen molar-refractivity contribution in [3.8, 4) is 5.75 Å². The molecule has 3 aromatic rings. The maximum Gasteiger partial charge on any atom is 0.422 e. The zero-order chi connectivity index (χ0) is 20.0. The average molecular weight is 387 g/mol. The zero-order valence-corrected chi connectivity index (χ0v) is 15.1. The van der Waals surface area contributed by atoms with Crippen LogP contribution >= 0.6 is 0 Å². The van der Waals surface area contributed by atoms with Crippen molar-refractivity contribution in [2.24, 2.45) is 0 Å². The van der Waals surface area contributed by atoms with Gasteiger partial charge in [-0.2, -0.15) is 13.2 Å². The fourth-order valence-electron chi connectivity index (χ4n) is 2.85. The molecule has 1 N–H and O–H groups in total. The van der Waals surface area contributed by atoms with Crippen LogP contribution in [-0.2, 0) is 17.8 Å². The molecule has 0 saturated carbocycles. The van der Waals surface area contributed by atoms with Gasteiger partial charge in [0.05, 0.1) is 0 Å². The molecule has 0 bridgehead atoms. The third-order valence-electron chi connectivity index (χ3n) is 4.25. The largest absolute Gasteiger partial charge is 0.484 e. The number of ether oxygens (including phenoxy) is 1. The van der Waals surface area contributed by atoms with Crippen LogP contribution in [0, 0.1) is 0 Å². The van der Waals surface area contributed by atoms with Crippen LogP contribution in [-0.4, -0.2) is 18.7 Å². The standard InChI is InChI=1S/C22H20F3NO2/c23-22(24,25)15-28-20-7-3-4-17(13-20)14-26-21(27)11-9-16-8-10-18-5-1-2-6-19(18)12-16/h1-8,10,12-13H,9,11,14-15H2,(H,26,27). The summed E-state index contributed by atoms with van der Waals surface area (Å²) < 4.78 is 41.4. The van der Waals surface area contributed by atoms with Crippen LogP contribution in [0.5, 0.6) is 5.75 Å². The molecule has 3 aromatic carbocycles. The number of amides is 1. The van der Waals surface area contributed by atoms with Gasteiger partial charge in [-0.1, -0.05) is 54.6 Å². The van der Waals surface area contributed by atoms with Gasteiger partial charge in [-0.15, -0.1) is 0 Å². The van der Waals surface area contributed by atoms with Gasteiger partial charge >= 0.3 is 6.18 Å². The first-order valence-electron chi connectivity index (χ1n) is 8.92. The molecule has 0 aliphatic rings. The molecule has 146 valence electrons. The van der Waals surface area contributed by atoms with Crippen molar-refractivity contribution in [2.75, 3.05) is 6.61 Å². The van der Waals surface area contributed by atoms with E-state index in [0.29, 0.717) is 18.4 Å². The van der Waals surface area contributed by atoms with Gasteiger partial charge in [0, 0.05) is 13.0 Å². The molecule has 0 aromatic heterocycles. The predicted molar refractivity (Wildman–Crippen MR) is 102 cm³/mol. The van der Waals surface area contributed by atoms with Crippen LogP contribution < -0.4 is 10.1 Å². The maximum absolute atomic E-state index is 12.2. The summed E-state index contributed by atoms with van der Waals surface area (Å²) in [6.07, 6.45) is -3.43. The van der Waals surface area contributed by atoms with Crippen molar-refractivity contribution in [1.29, 1.82) is 0 Å². The summed E-state index contributed by atoms with van der Waals surface area (Å²) in [4.78, 5) is 12.1. The highest BCUT2D eigenvalue weighted by atomic mass is 19.4. The molecule has 0 aliphatic heterocycles. The van der Waals surface area contributed by atoms with Crippen molar-refractivity contribution < 1.29 is 22.7 Å². The van der Waals surface area contributed by atoms with Crippen LogP contribution in [0.15, 0.2) is 66.7 Å². The lowest BCUT2D eigenvalue weighted by Crippen LogP contribution is -2.23. The number of fused-ring (bicyclic) bond motifs is 1. The number of hydrogen-bond acceptors (Lipinski definition) is 2. The fourth-order valence-corrected chi connectivity index (χ4v) is 2.85. The molecule has 3 nitrogen and oxygen atoms in total. The van der Waals surface area contributed by atoms with Gasteiger partial charge < -0.3 is 10.1 Å². The molecule has 0 spiro atoms. The number of benzene rings is 3. The Kier molecular flexibility index (Phi) is 6.19. The van der Waals surface area contributed by atoms with E-state index in [1.165, 1.54) is 12.1 Å². The number of carbonyl (C=O) groups excluding carboxylic acids is 1. The number of alkyl halides is 3. The van der Waals surface area contributed by atoms with Gasteiger partial charge in [0.15, 0.2) is 6.61 Å². The average Bonchev–Trinajstić information content (AvgIpc) is 2.69. The van der Waals surface area contributed by atoms with Gasteiger partial charge in [-0.05, 0) is 40.5 Å². The number of aryl methyl sites for hydroxylation is 1. The number of nitrogens with one attached hydrogen (secondary N) is 1. The molecule has 0 atom stereocenters. The van der Waals surface area contributed by atoms with Gasteiger partial charge in [0.1, 0.15) is 5.75 Å². The van der Waals surface area contributed by atoms with Crippen molar-refractivity contribution in [3.63, 3.8) is 0 Å². The van der Waals surface area contributed by atoms with E-state index in [2.05, 4.69) is 11.4 Å². The van der Waals surface area contributed by atoms with Gasteiger partial charge in [-0.25, -0.2) is 0 Å². The molecule has 3 rings (SSSR count). The first-order valence-corrected chi connectivity index (χ1v) is 8.92. The SMILES string of the molecule is O=C(CCc1ccc2ccccc2c1)NCc1cccc(OCC(F)(F)F)c1. The van der Waals surface area contributed by atoms with E-state index in [9.17, 15) is 18.0 Å². The van der Waals surface area contributed by atoms with Crippen LogP contribution in [0.3, 0.4) is 0 Å². The highest BCUT2D eigenvalue weighted by Gasteiger charge is 2.28. The summed E-state index contributed by atoms with van der Waals surface area (Å²) in [7, 11) is 0. The first-order chi connectivity index (χ1) is 13.4. The molecule has 0 heterocycles. The summed E-state index contributed by atoms with van der Waals surface area (Å²) in [5.74, 6) is 0.00927. The summed E-state index contributed by atoms with van der Waals surface area (Å²) in [6, 6.07) is 20.4. The minimum absolute atomic E-state index is 0.116. The van der Waals surface area contributed by atoms with Crippen molar-refractivity contribution in [1.82, 2.24) is 5.32 Å². The van der Waals surface area contributed by atoms with E-state index in [4.69, 9.17) is 4.74 Å². The number of halogens is 3. The number of carbonyl (C=O) groups is 1. The molecule has 0 unspecified atom stereocenters. The monoisotopic (exact) mass is 387 g/mol. The van der Waals surface area contributed by atoms with E-state index in [0.717, 1.165) is 16.3 Å².